The molecule has 0 aliphatic heterocycles. The van der Waals surface area contributed by atoms with E-state index in [-0.39, 0.29) is 0 Å². The van der Waals surface area contributed by atoms with Crippen LogP contribution in [0.3, 0.4) is 0 Å². The van der Waals surface area contributed by atoms with Gasteiger partial charge < -0.3 is 4.74 Å². The molecule has 1 unspecified atom stereocenters. The average molecular weight is 284 g/mol. The SMILES string of the molecule is N#CC(COCC1CCCC1)(NC1CC1)c1ccccc1. The summed E-state index contributed by atoms with van der Waals surface area (Å²) in [5, 5.41) is 13.3. The quantitative estimate of drug-likeness (QED) is 0.835. The van der Waals surface area contributed by atoms with Gasteiger partial charge in [-0.25, -0.2) is 0 Å². The molecular formula is C18H24N2O. The minimum atomic E-state index is -0.693. The molecule has 112 valence electrons. The topological polar surface area (TPSA) is 45.0 Å². The normalized spacial score (nSPS) is 21.9. The zero-order valence-corrected chi connectivity index (χ0v) is 12.6. The number of benzene rings is 1. The second-order valence-electron chi connectivity index (χ2n) is 6.47. The van der Waals surface area contributed by atoms with Crippen LogP contribution in [-0.2, 0) is 10.3 Å². The maximum absolute atomic E-state index is 9.81. The summed E-state index contributed by atoms with van der Waals surface area (Å²) in [6.45, 7) is 1.24. The van der Waals surface area contributed by atoms with Crippen LogP contribution < -0.4 is 5.32 Å². The fourth-order valence-electron chi connectivity index (χ4n) is 3.19. The van der Waals surface area contributed by atoms with Crippen molar-refractivity contribution in [2.75, 3.05) is 13.2 Å². The number of hydrogen-bond donors (Lipinski definition) is 1. The van der Waals surface area contributed by atoms with E-state index in [0.717, 1.165) is 12.2 Å². The minimum Gasteiger partial charge on any atom is -0.378 e. The summed E-state index contributed by atoms with van der Waals surface area (Å²) in [7, 11) is 0. The molecule has 21 heavy (non-hydrogen) atoms. The van der Waals surface area contributed by atoms with Crippen molar-refractivity contribution >= 4 is 0 Å². The van der Waals surface area contributed by atoms with Gasteiger partial charge >= 0.3 is 0 Å². The van der Waals surface area contributed by atoms with Gasteiger partial charge in [0.1, 0.15) is 0 Å². The first-order valence-electron chi connectivity index (χ1n) is 8.15. The lowest BCUT2D eigenvalue weighted by Crippen LogP contribution is -2.46. The standard InChI is InChI=1S/C18H24N2O/c19-13-18(20-17-10-11-17,16-8-2-1-3-9-16)14-21-12-15-6-4-5-7-15/h1-3,8-9,15,17,20H,4-7,10-12,14H2. The van der Waals surface area contributed by atoms with Crippen LogP contribution in [0.4, 0.5) is 0 Å². The first kappa shape index (κ1) is 14.6. The number of rotatable bonds is 7. The average Bonchev–Trinajstić information content (AvgIpc) is 3.19. The molecule has 0 spiro atoms. The molecule has 2 fully saturated rings. The van der Waals surface area contributed by atoms with Gasteiger partial charge in [-0.15, -0.1) is 0 Å². The van der Waals surface area contributed by atoms with E-state index in [1.807, 2.05) is 30.3 Å². The van der Waals surface area contributed by atoms with Gasteiger partial charge in [0.15, 0.2) is 5.54 Å². The van der Waals surface area contributed by atoms with Crippen molar-refractivity contribution in [3.63, 3.8) is 0 Å². The van der Waals surface area contributed by atoms with Gasteiger partial charge in [0, 0.05) is 12.6 Å². The Morgan fingerprint density at radius 1 is 1.14 bits per heavy atom. The minimum absolute atomic E-state index is 0.445. The highest BCUT2D eigenvalue weighted by Crippen LogP contribution is 2.30. The molecule has 3 heteroatoms. The van der Waals surface area contributed by atoms with E-state index in [9.17, 15) is 5.26 Å². The second kappa shape index (κ2) is 6.60. The lowest BCUT2D eigenvalue weighted by molar-refractivity contribution is 0.0632. The van der Waals surface area contributed by atoms with Crippen LogP contribution in [0.5, 0.6) is 0 Å². The lowest BCUT2D eigenvalue weighted by Gasteiger charge is -2.29. The molecular weight excluding hydrogens is 260 g/mol. The number of nitrogens with one attached hydrogen (secondary N) is 1. The molecule has 2 aliphatic carbocycles. The Labute approximate surface area is 127 Å². The van der Waals surface area contributed by atoms with Crippen molar-refractivity contribution in [1.29, 1.82) is 5.26 Å². The molecule has 2 aliphatic rings. The van der Waals surface area contributed by atoms with Gasteiger partial charge in [0.05, 0.1) is 12.7 Å². The van der Waals surface area contributed by atoms with Gasteiger partial charge in [0.25, 0.3) is 0 Å². The highest BCUT2D eigenvalue weighted by molar-refractivity contribution is 5.32. The molecule has 0 radical (unpaired) electrons. The second-order valence-corrected chi connectivity index (χ2v) is 6.47. The van der Waals surface area contributed by atoms with Gasteiger partial charge in [-0.05, 0) is 37.2 Å². The van der Waals surface area contributed by atoms with Crippen LogP contribution in [0, 0.1) is 17.2 Å². The molecule has 3 rings (SSSR count). The summed E-state index contributed by atoms with van der Waals surface area (Å²) in [5.41, 5.74) is 0.326. The molecule has 1 aromatic rings. The van der Waals surface area contributed by atoms with Gasteiger partial charge in [-0.1, -0.05) is 43.2 Å². The predicted octanol–water partition coefficient (Wildman–Crippen LogP) is 3.36. The monoisotopic (exact) mass is 284 g/mol. The third-order valence-corrected chi connectivity index (χ3v) is 4.63. The van der Waals surface area contributed by atoms with Gasteiger partial charge in [0.2, 0.25) is 0 Å². The molecule has 1 aromatic carbocycles. The third-order valence-electron chi connectivity index (χ3n) is 4.63. The zero-order chi connectivity index (χ0) is 14.5. The van der Waals surface area contributed by atoms with E-state index in [0.29, 0.717) is 18.6 Å². The fraction of sp³-hybridized carbons (Fsp3) is 0.611. The van der Waals surface area contributed by atoms with Crippen molar-refractivity contribution in [1.82, 2.24) is 5.32 Å². The summed E-state index contributed by atoms with van der Waals surface area (Å²) in [6.07, 6.45) is 7.55. The van der Waals surface area contributed by atoms with Crippen molar-refractivity contribution in [2.45, 2.75) is 50.1 Å². The molecule has 0 aromatic heterocycles. The van der Waals surface area contributed by atoms with Gasteiger partial charge in [-0.3, -0.25) is 5.32 Å². The molecule has 3 nitrogen and oxygen atoms in total. The number of nitrogens with zero attached hydrogens (tertiary/aromatic N) is 1. The Hall–Kier alpha value is -1.37. The molecule has 2 saturated carbocycles. The number of hydrogen-bond acceptors (Lipinski definition) is 3. The summed E-state index contributed by atoms with van der Waals surface area (Å²) < 4.78 is 5.97. The van der Waals surface area contributed by atoms with Crippen molar-refractivity contribution in [3.05, 3.63) is 35.9 Å². The van der Waals surface area contributed by atoms with E-state index in [1.165, 1.54) is 38.5 Å². The summed E-state index contributed by atoms with van der Waals surface area (Å²) in [4.78, 5) is 0. The van der Waals surface area contributed by atoms with Crippen LogP contribution in [-0.4, -0.2) is 19.3 Å². The lowest BCUT2D eigenvalue weighted by atomic mass is 9.92. The Kier molecular flexibility index (Phi) is 4.57. The Bertz CT molecular complexity index is 486. The first-order valence-corrected chi connectivity index (χ1v) is 8.15. The maximum Gasteiger partial charge on any atom is 0.156 e. The Morgan fingerprint density at radius 3 is 2.48 bits per heavy atom. The van der Waals surface area contributed by atoms with Gasteiger partial charge in [-0.2, -0.15) is 5.26 Å². The van der Waals surface area contributed by atoms with Crippen LogP contribution in [0.25, 0.3) is 0 Å². The molecule has 0 bridgehead atoms. The maximum atomic E-state index is 9.81. The van der Waals surface area contributed by atoms with Crippen LogP contribution in [0.2, 0.25) is 0 Å². The molecule has 0 amide bonds. The van der Waals surface area contributed by atoms with E-state index < -0.39 is 5.54 Å². The number of ether oxygens (including phenoxy) is 1. The highest BCUT2D eigenvalue weighted by atomic mass is 16.5. The van der Waals surface area contributed by atoms with E-state index >= 15 is 0 Å². The molecule has 1 atom stereocenters. The number of nitriles is 1. The Balaban J connectivity index is 1.67. The Morgan fingerprint density at radius 2 is 1.86 bits per heavy atom. The third kappa shape index (κ3) is 3.64. The van der Waals surface area contributed by atoms with Crippen molar-refractivity contribution in [2.24, 2.45) is 5.92 Å². The predicted molar refractivity (Wildman–Crippen MR) is 82.7 cm³/mol. The van der Waals surface area contributed by atoms with Crippen LogP contribution in [0.15, 0.2) is 30.3 Å². The largest absolute Gasteiger partial charge is 0.378 e. The molecule has 0 heterocycles. The van der Waals surface area contributed by atoms with Crippen molar-refractivity contribution in [3.8, 4) is 6.07 Å². The summed E-state index contributed by atoms with van der Waals surface area (Å²) in [5.74, 6) is 0.693. The van der Waals surface area contributed by atoms with E-state index in [4.69, 9.17) is 4.74 Å². The first-order chi connectivity index (χ1) is 10.3. The van der Waals surface area contributed by atoms with Crippen LogP contribution >= 0.6 is 0 Å². The summed E-state index contributed by atoms with van der Waals surface area (Å²) >= 11 is 0. The fourth-order valence-corrected chi connectivity index (χ4v) is 3.19. The highest BCUT2D eigenvalue weighted by Gasteiger charge is 2.38. The summed E-state index contributed by atoms with van der Waals surface area (Å²) in [6, 6.07) is 13.0. The van der Waals surface area contributed by atoms with E-state index in [2.05, 4.69) is 11.4 Å². The van der Waals surface area contributed by atoms with E-state index in [1.54, 1.807) is 0 Å². The molecule has 1 N–H and O–H groups in total. The van der Waals surface area contributed by atoms with Crippen molar-refractivity contribution < 1.29 is 4.74 Å². The zero-order valence-electron chi connectivity index (χ0n) is 12.6. The molecule has 0 saturated heterocycles. The van der Waals surface area contributed by atoms with Crippen LogP contribution in [0.1, 0.15) is 44.1 Å². The smallest absolute Gasteiger partial charge is 0.156 e.